The van der Waals surface area contributed by atoms with Crippen molar-refractivity contribution in [3.8, 4) is 5.75 Å². The van der Waals surface area contributed by atoms with Crippen LogP contribution in [0.2, 0.25) is 0 Å². The van der Waals surface area contributed by atoms with E-state index >= 15 is 0 Å². The highest BCUT2D eigenvalue weighted by atomic mass is 16.6. The van der Waals surface area contributed by atoms with Crippen molar-refractivity contribution >= 4 is 11.9 Å². The first-order valence-corrected chi connectivity index (χ1v) is 24.9. The minimum absolute atomic E-state index is 0.0683. The van der Waals surface area contributed by atoms with Crippen molar-refractivity contribution in [3.63, 3.8) is 0 Å². The number of esters is 2. The number of aliphatic hydroxyl groups excluding tert-OH is 2. The van der Waals surface area contributed by atoms with Gasteiger partial charge in [0.1, 0.15) is 29.7 Å². The molecule has 1 unspecified atom stereocenters. The lowest BCUT2D eigenvalue weighted by molar-refractivity contribution is -0.323. The van der Waals surface area contributed by atoms with Gasteiger partial charge in [-0.3, -0.25) is 9.69 Å². The summed E-state index contributed by atoms with van der Waals surface area (Å²) in [5.41, 5.74) is -4.97. The van der Waals surface area contributed by atoms with E-state index in [4.69, 9.17) is 33.2 Å². The van der Waals surface area contributed by atoms with Crippen LogP contribution in [0.25, 0.3) is 0 Å². The van der Waals surface area contributed by atoms with Crippen LogP contribution < -0.4 is 4.74 Å². The summed E-state index contributed by atoms with van der Waals surface area (Å²) < 4.78 is 44.2. The van der Waals surface area contributed by atoms with Gasteiger partial charge in [-0.15, -0.1) is 0 Å². The minimum atomic E-state index is -1.87. The second-order valence-corrected chi connectivity index (χ2v) is 20.4. The maximum absolute atomic E-state index is 14.6. The van der Waals surface area contributed by atoms with E-state index in [9.17, 15) is 24.9 Å². The Balaban J connectivity index is 1.18. The quantitative estimate of drug-likeness (QED) is 0.0651. The Morgan fingerprint density at radius 3 is 1.91 bits per heavy atom. The molecule has 3 N–H and O–H groups in total. The second-order valence-electron chi connectivity index (χ2n) is 20.4. The lowest BCUT2D eigenvalue weighted by Gasteiger charge is -2.70. The molecule has 5 saturated carbocycles. The van der Waals surface area contributed by atoms with Crippen LogP contribution in [0.4, 0.5) is 0 Å². The van der Waals surface area contributed by atoms with Crippen molar-refractivity contribution < 1.29 is 58.1 Å². The average molecular weight is 900 g/mol. The standard InChI is InChI=1S/C51H81NO12/c1-8-10-11-12-13-14-15-16-17-18-19-20-21-22-23-24-38(54)64-51-39-35(30-49(57,46(62-7)44(51)55)45(39)63-47(56)33-25-27-34(59-4)28-26-33)50-37(60-5)29-36(53)48(32-58-3)31-52(9-2)43(50)40(51)41(61-6)42(48)50/h25-28,35-37,39-46,53,55,57H,8-24,29-32H2,1-7H3/t35-,36-,37+,39-,40+,41+,42-,43?,44+,45-,46+,48+,49-,50+,51-/m1/s1. The van der Waals surface area contributed by atoms with Crippen molar-refractivity contribution in [2.75, 3.05) is 55.2 Å². The van der Waals surface area contributed by atoms with Gasteiger partial charge in [0.2, 0.25) is 0 Å². The molecule has 7 bridgehead atoms. The molecule has 1 aliphatic heterocycles. The summed E-state index contributed by atoms with van der Waals surface area (Å²) in [6, 6.07) is 6.21. The molecule has 362 valence electrons. The molecule has 13 heteroatoms. The largest absolute Gasteiger partial charge is 0.497 e. The predicted octanol–water partition coefficient (Wildman–Crippen LogP) is 6.90. The number of fused-ring (bicyclic) bond motifs is 2. The fourth-order valence-electron chi connectivity index (χ4n) is 15.1. The van der Waals surface area contributed by atoms with Crippen LogP contribution in [0, 0.1) is 34.5 Å². The summed E-state index contributed by atoms with van der Waals surface area (Å²) >= 11 is 0. The number of nitrogens with zero attached hydrogens (tertiary/aromatic N) is 1. The monoisotopic (exact) mass is 900 g/mol. The predicted molar refractivity (Wildman–Crippen MR) is 241 cm³/mol. The van der Waals surface area contributed by atoms with E-state index in [1.807, 2.05) is 0 Å². The molecule has 15 atom stereocenters. The normalized spacial score (nSPS) is 39.2. The molecule has 0 amide bonds. The minimum Gasteiger partial charge on any atom is -0.497 e. The van der Waals surface area contributed by atoms with Crippen molar-refractivity contribution in [3.05, 3.63) is 29.8 Å². The molecule has 0 aromatic heterocycles. The third-order valence-corrected chi connectivity index (χ3v) is 17.4. The Morgan fingerprint density at radius 1 is 0.766 bits per heavy atom. The van der Waals surface area contributed by atoms with E-state index in [1.54, 1.807) is 52.7 Å². The molecule has 5 aliphatic carbocycles. The zero-order chi connectivity index (χ0) is 45.9. The molecule has 1 spiro atoms. The highest BCUT2D eigenvalue weighted by Gasteiger charge is 2.92. The maximum atomic E-state index is 14.6. The van der Waals surface area contributed by atoms with Gasteiger partial charge < -0.3 is 48.5 Å². The zero-order valence-electron chi connectivity index (χ0n) is 40.0. The van der Waals surface area contributed by atoms with Gasteiger partial charge >= 0.3 is 11.9 Å². The van der Waals surface area contributed by atoms with Gasteiger partial charge in [-0.1, -0.05) is 104 Å². The van der Waals surface area contributed by atoms with Crippen molar-refractivity contribution in [1.82, 2.24) is 4.90 Å². The van der Waals surface area contributed by atoms with Gasteiger partial charge in [-0.05, 0) is 49.6 Å². The van der Waals surface area contributed by atoms with Crippen molar-refractivity contribution in [2.24, 2.45) is 34.5 Å². The number of likely N-dealkylation sites (tertiary alicyclic amines) is 1. The molecule has 1 aromatic rings. The van der Waals surface area contributed by atoms with E-state index in [2.05, 4.69) is 18.7 Å². The molecule has 64 heavy (non-hydrogen) atoms. The van der Waals surface area contributed by atoms with Gasteiger partial charge in [0.05, 0.1) is 37.6 Å². The van der Waals surface area contributed by atoms with Gasteiger partial charge in [0, 0.05) is 82.5 Å². The van der Waals surface area contributed by atoms with Crippen LogP contribution in [-0.4, -0.2) is 141 Å². The van der Waals surface area contributed by atoms with Crippen LogP contribution >= 0.6 is 0 Å². The molecule has 7 rings (SSSR count). The molecule has 1 heterocycles. The first-order valence-electron chi connectivity index (χ1n) is 24.9. The first kappa shape index (κ1) is 49.5. The van der Waals surface area contributed by atoms with Crippen LogP contribution in [0.5, 0.6) is 5.75 Å². The number of hydrogen-bond donors (Lipinski definition) is 3. The molecule has 6 aliphatic rings. The summed E-state index contributed by atoms with van der Waals surface area (Å²) in [5, 5.41) is 38.5. The van der Waals surface area contributed by atoms with E-state index in [0.29, 0.717) is 31.7 Å². The number of rotatable bonds is 26. The fraction of sp³-hybridized carbons (Fsp3) is 0.843. The van der Waals surface area contributed by atoms with E-state index in [0.717, 1.165) is 19.3 Å². The van der Waals surface area contributed by atoms with Gasteiger partial charge in [0.25, 0.3) is 0 Å². The Hall–Kier alpha value is -2.36. The van der Waals surface area contributed by atoms with Gasteiger partial charge in [-0.2, -0.15) is 0 Å². The number of carbonyl (C=O) groups is 2. The third-order valence-electron chi connectivity index (χ3n) is 17.4. The van der Waals surface area contributed by atoms with Crippen LogP contribution in [0.3, 0.4) is 0 Å². The van der Waals surface area contributed by atoms with Crippen molar-refractivity contribution in [1.29, 1.82) is 0 Å². The summed E-state index contributed by atoms with van der Waals surface area (Å²) in [4.78, 5) is 31.3. The summed E-state index contributed by atoms with van der Waals surface area (Å²) in [5.74, 6) is -3.04. The Kier molecular flexibility index (Phi) is 16.2. The number of hydrogen-bond acceptors (Lipinski definition) is 13. The Bertz CT molecular complexity index is 1700. The number of benzene rings is 1. The van der Waals surface area contributed by atoms with Crippen molar-refractivity contribution in [2.45, 2.75) is 183 Å². The fourth-order valence-corrected chi connectivity index (χ4v) is 15.1. The van der Waals surface area contributed by atoms with Crippen LogP contribution in [0.15, 0.2) is 24.3 Å². The highest BCUT2D eigenvalue weighted by Crippen LogP contribution is 2.80. The number of methoxy groups -OCH3 is 5. The Morgan fingerprint density at radius 2 is 1.38 bits per heavy atom. The Labute approximate surface area is 382 Å². The first-order chi connectivity index (χ1) is 31.0. The van der Waals surface area contributed by atoms with E-state index < -0.39 is 94.3 Å². The summed E-state index contributed by atoms with van der Waals surface area (Å²) in [6.45, 7) is 5.66. The molecule has 0 radical (unpaired) electrons. The number of carbonyl (C=O) groups excluding carboxylic acids is 2. The smallest absolute Gasteiger partial charge is 0.338 e. The maximum Gasteiger partial charge on any atom is 0.338 e. The number of piperidine rings is 1. The third kappa shape index (κ3) is 8.05. The topological polar surface area (TPSA) is 163 Å². The van der Waals surface area contributed by atoms with E-state index in [-0.39, 0.29) is 31.1 Å². The number of ether oxygens (including phenoxy) is 7. The van der Waals surface area contributed by atoms with Crippen LogP contribution in [-0.2, 0) is 33.2 Å². The average Bonchev–Trinajstić information content (AvgIpc) is 3.67. The molecule has 6 fully saturated rings. The summed E-state index contributed by atoms with van der Waals surface area (Å²) in [7, 11) is 7.95. The zero-order valence-corrected chi connectivity index (χ0v) is 40.0. The second kappa shape index (κ2) is 20.9. The van der Waals surface area contributed by atoms with Gasteiger partial charge in [-0.25, -0.2) is 4.79 Å². The highest BCUT2D eigenvalue weighted by molar-refractivity contribution is 5.89. The molecular formula is C51H81NO12. The SMILES string of the molecule is CCCCCCCCCCCCCCCCCC(=O)O[C@]12[C@H]3[C@@H](OC(=O)c4ccc(OC)cc4)[C@](O)(C[C@H]3[C@@]34C5[C@@H]1[C@H](OC)[C@@H]3[C@](COC)(CN5CC)[C@H](O)C[C@@H]4OC)[C@@H](OC)[C@@H]2O. The lowest BCUT2D eigenvalue weighted by Crippen LogP contribution is -2.81. The van der Waals surface area contributed by atoms with Crippen LogP contribution in [0.1, 0.15) is 140 Å². The summed E-state index contributed by atoms with van der Waals surface area (Å²) in [6.07, 6.45) is 12.6. The molecule has 1 aromatic carbocycles. The number of aliphatic hydroxyl groups is 3. The molecular weight excluding hydrogens is 819 g/mol. The molecule has 13 nitrogen and oxygen atoms in total. The lowest BCUT2D eigenvalue weighted by atomic mass is 9.42. The van der Waals surface area contributed by atoms with E-state index in [1.165, 1.54) is 77.7 Å². The molecule has 1 saturated heterocycles. The number of unbranched alkanes of at least 4 members (excludes halogenated alkanes) is 14. The van der Waals surface area contributed by atoms with Gasteiger partial charge in [0.15, 0.2) is 5.60 Å².